The molecule has 1 amide bonds. The average molecular weight is 484 g/mol. The van der Waals surface area contributed by atoms with Crippen LogP contribution in [0.25, 0.3) is 0 Å². The van der Waals surface area contributed by atoms with Crippen molar-refractivity contribution >= 4 is 11.9 Å². The van der Waals surface area contributed by atoms with E-state index in [1.165, 1.54) is 11.1 Å². The molecule has 1 N–H and O–H groups in total. The second-order valence-electron chi connectivity index (χ2n) is 10.7. The van der Waals surface area contributed by atoms with E-state index in [1.54, 1.807) is 6.92 Å². The number of rotatable bonds is 14. The minimum absolute atomic E-state index is 0.0678. The molecule has 5 nitrogen and oxygen atoms in total. The highest BCUT2D eigenvalue weighted by atomic mass is 16.6. The number of hydrogen-bond donors (Lipinski definition) is 1. The summed E-state index contributed by atoms with van der Waals surface area (Å²) in [4.78, 5) is 25.6. The summed E-state index contributed by atoms with van der Waals surface area (Å²) in [7, 11) is 0. The van der Waals surface area contributed by atoms with Crippen LogP contribution in [0.3, 0.4) is 0 Å². The second kappa shape index (κ2) is 14.1. The number of carbonyl (C=O) groups excluding carboxylic acids is 2. The molecule has 2 aliphatic rings. The van der Waals surface area contributed by atoms with E-state index in [1.807, 2.05) is 17.9 Å². The summed E-state index contributed by atoms with van der Waals surface area (Å²) >= 11 is 0. The van der Waals surface area contributed by atoms with Gasteiger partial charge >= 0.3 is 5.97 Å². The maximum Gasteiger partial charge on any atom is 0.338 e. The summed E-state index contributed by atoms with van der Waals surface area (Å²) in [5.41, 5.74) is 4.07. The summed E-state index contributed by atoms with van der Waals surface area (Å²) < 4.78 is 5.20. The minimum Gasteiger partial charge on any atom is -0.508 e. The molecule has 35 heavy (non-hydrogen) atoms. The molecule has 2 heterocycles. The highest BCUT2D eigenvalue weighted by Gasteiger charge is 2.31. The normalized spacial score (nSPS) is 20.5. The number of hydrogen-bond acceptors (Lipinski definition) is 4. The minimum atomic E-state index is -0.529. The predicted octanol–water partition coefficient (Wildman–Crippen LogP) is 6.98. The molecule has 0 saturated carbocycles. The van der Waals surface area contributed by atoms with Crippen LogP contribution in [0.5, 0.6) is 0 Å². The highest BCUT2D eigenvalue weighted by Crippen LogP contribution is 2.25. The first kappa shape index (κ1) is 28.7. The molecule has 2 aliphatic heterocycles. The third-order valence-electron chi connectivity index (χ3n) is 6.77. The summed E-state index contributed by atoms with van der Waals surface area (Å²) in [6.07, 6.45) is 16.8. The van der Waals surface area contributed by atoms with Gasteiger partial charge in [0.1, 0.15) is 5.76 Å². The third kappa shape index (κ3) is 9.91. The van der Waals surface area contributed by atoms with Gasteiger partial charge in [-0.3, -0.25) is 4.79 Å². The molecule has 0 saturated heterocycles. The maximum atomic E-state index is 12.1. The van der Waals surface area contributed by atoms with Crippen molar-refractivity contribution in [3.8, 4) is 0 Å². The van der Waals surface area contributed by atoms with E-state index < -0.39 is 12.1 Å². The Bertz CT molecular complexity index is 903. The molecule has 0 radical (unpaired) electrons. The molecule has 5 heteroatoms. The largest absolute Gasteiger partial charge is 0.508 e. The number of amides is 1. The Morgan fingerprint density at radius 2 is 1.94 bits per heavy atom. The number of aliphatic hydroxyl groups is 1. The molecule has 0 aromatic heterocycles. The van der Waals surface area contributed by atoms with Gasteiger partial charge < -0.3 is 14.7 Å². The van der Waals surface area contributed by atoms with Gasteiger partial charge in [0.15, 0.2) is 6.10 Å². The maximum absolute atomic E-state index is 12.1. The fourth-order valence-electron chi connectivity index (χ4n) is 4.30. The Morgan fingerprint density at radius 1 is 1.20 bits per heavy atom. The van der Waals surface area contributed by atoms with Crippen molar-refractivity contribution in [3.05, 3.63) is 58.4 Å². The van der Waals surface area contributed by atoms with Crippen molar-refractivity contribution in [1.29, 1.82) is 0 Å². The van der Waals surface area contributed by atoms with E-state index in [0.717, 1.165) is 57.2 Å². The number of cyclic esters (lactones) is 1. The number of allylic oxidation sites excluding steroid dienone is 5. The van der Waals surface area contributed by atoms with Gasteiger partial charge in [0, 0.05) is 25.6 Å². The molecular weight excluding hydrogens is 438 g/mol. The van der Waals surface area contributed by atoms with Gasteiger partial charge in [-0.2, -0.15) is 0 Å². The summed E-state index contributed by atoms with van der Waals surface area (Å²) in [6.45, 7) is 14.1. The summed E-state index contributed by atoms with van der Waals surface area (Å²) in [5.74, 6) is 0.921. The predicted molar refractivity (Wildman–Crippen MR) is 143 cm³/mol. The van der Waals surface area contributed by atoms with Gasteiger partial charge in [0.05, 0.1) is 5.57 Å². The lowest BCUT2D eigenvalue weighted by atomic mass is 10.0. The SMILES string of the molecule is CC1=C(O)[C@H](C/C(C)=C\CC[C@H](C)/C=C/C=C(\C)CCCC2=CC(=O)N(CCC(C)C)C2)OC1=O. The van der Waals surface area contributed by atoms with Crippen LogP contribution >= 0.6 is 0 Å². The molecule has 0 aromatic rings. The number of esters is 1. The number of nitrogens with zero attached hydrogens (tertiary/aromatic N) is 1. The molecule has 0 bridgehead atoms. The monoisotopic (exact) mass is 483 g/mol. The van der Waals surface area contributed by atoms with Crippen molar-refractivity contribution in [3.63, 3.8) is 0 Å². The van der Waals surface area contributed by atoms with Crippen molar-refractivity contribution in [2.24, 2.45) is 11.8 Å². The molecular formula is C30H45NO4. The highest BCUT2D eigenvalue weighted by molar-refractivity contribution is 5.91. The molecule has 0 fully saturated rings. The first-order chi connectivity index (χ1) is 16.6. The van der Waals surface area contributed by atoms with Crippen molar-refractivity contribution < 1.29 is 19.4 Å². The van der Waals surface area contributed by atoms with Gasteiger partial charge in [-0.25, -0.2) is 4.79 Å². The van der Waals surface area contributed by atoms with Crippen LogP contribution in [0, 0.1) is 11.8 Å². The van der Waals surface area contributed by atoms with E-state index in [0.29, 0.717) is 23.8 Å². The van der Waals surface area contributed by atoms with Crippen LogP contribution in [0.15, 0.2) is 58.4 Å². The molecule has 0 aromatic carbocycles. The van der Waals surface area contributed by atoms with E-state index in [4.69, 9.17) is 4.74 Å². The Balaban J connectivity index is 1.64. The number of aliphatic hydroxyl groups excluding tert-OH is 1. The van der Waals surface area contributed by atoms with Crippen LogP contribution in [0.1, 0.15) is 86.5 Å². The lowest BCUT2D eigenvalue weighted by Crippen LogP contribution is -2.27. The Labute approximate surface area is 212 Å². The Kier molecular flexibility index (Phi) is 11.6. The number of ether oxygens (including phenoxy) is 1. The summed E-state index contributed by atoms with van der Waals surface area (Å²) in [5, 5.41) is 9.97. The smallest absolute Gasteiger partial charge is 0.338 e. The zero-order chi connectivity index (χ0) is 26.0. The van der Waals surface area contributed by atoms with E-state index in [2.05, 4.69) is 52.0 Å². The zero-order valence-corrected chi connectivity index (χ0v) is 22.6. The van der Waals surface area contributed by atoms with E-state index >= 15 is 0 Å². The van der Waals surface area contributed by atoms with Crippen LogP contribution in [0.2, 0.25) is 0 Å². The average Bonchev–Trinajstić information content (AvgIpc) is 3.25. The zero-order valence-electron chi connectivity index (χ0n) is 22.6. The van der Waals surface area contributed by atoms with Crippen LogP contribution in [0.4, 0.5) is 0 Å². The van der Waals surface area contributed by atoms with E-state index in [-0.39, 0.29) is 11.7 Å². The van der Waals surface area contributed by atoms with Gasteiger partial charge in [0.25, 0.3) is 0 Å². The van der Waals surface area contributed by atoms with Crippen molar-refractivity contribution in [2.75, 3.05) is 13.1 Å². The molecule has 0 spiro atoms. The molecule has 194 valence electrons. The quantitative estimate of drug-likeness (QED) is 0.164. The number of carbonyl (C=O) groups is 2. The molecule has 0 aliphatic carbocycles. The summed E-state index contributed by atoms with van der Waals surface area (Å²) in [6, 6.07) is 0. The first-order valence-corrected chi connectivity index (χ1v) is 13.2. The van der Waals surface area contributed by atoms with Gasteiger partial charge in [-0.15, -0.1) is 0 Å². The lowest BCUT2D eigenvalue weighted by Gasteiger charge is -2.17. The second-order valence-corrected chi connectivity index (χ2v) is 10.7. The Morgan fingerprint density at radius 3 is 2.60 bits per heavy atom. The van der Waals surface area contributed by atoms with E-state index in [9.17, 15) is 14.7 Å². The fourth-order valence-corrected chi connectivity index (χ4v) is 4.30. The van der Waals surface area contributed by atoms with Crippen LogP contribution < -0.4 is 0 Å². The topological polar surface area (TPSA) is 66.8 Å². The lowest BCUT2D eigenvalue weighted by molar-refractivity contribution is -0.140. The molecule has 0 unspecified atom stereocenters. The molecule has 2 atom stereocenters. The third-order valence-corrected chi connectivity index (χ3v) is 6.77. The molecule has 2 rings (SSSR count). The van der Waals surface area contributed by atoms with Gasteiger partial charge in [0.2, 0.25) is 5.91 Å². The van der Waals surface area contributed by atoms with Crippen molar-refractivity contribution in [2.45, 2.75) is 92.6 Å². The standard InChI is InChI=1S/C30H45NO4/c1-21(2)16-17-31-20-26(19-28(31)32)15-9-13-23(4)11-7-10-22(3)12-8-14-24(5)18-27-29(33)25(6)30(34)35-27/h7,10-11,14,19,21-22,27,33H,8-9,12-13,15-18,20H2,1-6H3/b10-7+,23-11+,24-14-/t22-,27+/m1/s1. The van der Waals surface area contributed by atoms with Gasteiger partial charge in [-0.05, 0) is 76.7 Å². The van der Waals surface area contributed by atoms with Crippen molar-refractivity contribution in [1.82, 2.24) is 4.90 Å². The Hall–Kier alpha value is -2.56. The van der Waals surface area contributed by atoms with Crippen LogP contribution in [-0.4, -0.2) is 41.1 Å². The van der Waals surface area contributed by atoms with Gasteiger partial charge in [-0.1, -0.05) is 56.2 Å². The fraction of sp³-hybridized carbons (Fsp3) is 0.600. The first-order valence-electron chi connectivity index (χ1n) is 13.2. The van der Waals surface area contributed by atoms with Crippen LogP contribution in [-0.2, 0) is 14.3 Å².